The molecule has 0 amide bonds. The summed E-state index contributed by atoms with van der Waals surface area (Å²) in [6.07, 6.45) is 2.29. The second-order valence-corrected chi connectivity index (χ2v) is 7.56. The molecule has 1 fully saturated rings. The van der Waals surface area contributed by atoms with Crippen LogP contribution in [0, 0.1) is 4.91 Å². The predicted molar refractivity (Wildman–Crippen MR) is 115 cm³/mol. The molecule has 0 radical (unpaired) electrons. The highest BCUT2D eigenvalue weighted by Gasteiger charge is 2.17. The third kappa shape index (κ3) is 6.39. The molecule has 6 nitrogen and oxygen atoms in total. The monoisotopic (exact) mass is 395 g/mol. The number of nitroso groups, excluding NO2 is 1. The van der Waals surface area contributed by atoms with E-state index in [-0.39, 0.29) is 12.8 Å². The standard InChI is InChI=1S/C23H29N3O3/c27-23(28)13-12-22(24-29)20-10-8-19(9-11-20)5-4-14-25-15-17-26(18-16-25)21-6-2-1-3-7-21/h1-3,6-11,22H,4-5,12-18H2,(H,27,28). The fourth-order valence-corrected chi connectivity index (χ4v) is 3.82. The Bertz CT molecular complexity index is 772. The summed E-state index contributed by atoms with van der Waals surface area (Å²) in [5.74, 6) is -0.903. The molecule has 2 aromatic rings. The van der Waals surface area contributed by atoms with Crippen molar-refractivity contribution in [1.29, 1.82) is 0 Å². The number of rotatable bonds is 10. The van der Waals surface area contributed by atoms with Crippen molar-refractivity contribution in [1.82, 2.24) is 4.90 Å². The Morgan fingerprint density at radius 2 is 1.69 bits per heavy atom. The first-order valence-electron chi connectivity index (χ1n) is 10.3. The van der Waals surface area contributed by atoms with Gasteiger partial charge in [0.1, 0.15) is 6.04 Å². The van der Waals surface area contributed by atoms with E-state index in [4.69, 9.17) is 5.11 Å². The van der Waals surface area contributed by atoms with Crippen LogP contribution in [-0.2, 0) is 11.2 Å². The number of aliphatic carboxylic acids is 1. The van der Waals surface area contributed by atoms with E-state index < -0.39 is 12.0 Å². The maximum atomic E-state index is 11.0. The first-order chi connectivity index (χ1) is 14.2. The molecule has 0 bridgehead atoms. The van der Waals surface area contributed by atoms with Crippen molar-refractivity contribution in [2.75, 3.05) is 37.6 Å². The summed E-state index contributed by atoms with van der Waals surface area (Å²) in [6.45, 7) is 5.39. The minimum atomic E-state index is -0.903. The van der Waals surface area contributed by atoms with E-state index in [9.17, 15) is 9.70 Å². The molecule has 1 saturated heterocycles. The molecule has 0 aliphatic carbocycles. The second-order valence-electron chi connectivity index (χ2n) is 7.56. The Kier molecular flexibility index (Phi) is 7.76. The van der Waals surface area contributed by atoms with Crippen LogP contribution in [0.25, 0.3) is 0 Å². The van der Waals surface area contributed by atoms with Crippen molar-refractivity contribution in [3.05, 3.63) is 70.6 Å². The fourth-order valence-electron chi connectivity index (χ4n) is 3.82. The molecule has 1 unspecified atom stereocenters. The van der Waals surface area contributed by atoms with Gasteiger partial charge in [0.2, 0.25) is 0 Å². The van der Waals surface area contributed by atoms with Crippen LogP contribution in [0.4, 0.5) is 5.69 Å². The minimum absolute atomic E-state index is 0.0459. The number of anilines is 1. The zero-order valence-corrected chi connectivity index (χ0v) is 16.7. The number of para-hydroxylation sites is 1. The lowest BCUT2D eigenvalue weighted by molar-refractivity contribution is -0.137. The van der Waals surface area contributed by atoms with Crippen LogP contribution in [0.1, 0.15) is 36.4 Å². The third-order valence-corrected chi connectivity index (χ3v) is 5.56. The van der Waals surface area contributed by atoms with Crippen molar-refractivity contribution in [2.45, 2.75) is 31.7 Å². The number of hydrogen-bond acceptors (Lipinski definition) is 5. The van der Waals surface area contributed by atoms with Gasteiger partial charge < -0.3 is 10.0 Å². The Hall–Kier alpha value is -2.73. The lowest BCUT2D eigenvalue weighted by atomic mass is 10.00. The van der Waals surface area contributed by atoms with Gasteiger partial charge in [0.15, 0.2) is 0 Å². The highest BCUT2D eigenvalue weighted by Crippen LogP contribution is 2.23. The molecule has 6 heteroatoms. The zero-order chi connectivity index (χ0) is 20.5. The number of carboxylic acid groups (broad SMARTS) is 1. The summed E-state index contributed by atoms with van der Waals surface area (Å²) in [5.41, 5.74) is 3.33. The van der Waals surface area contributed by atoms with Gasteiger partial charge in [-0.05, 0) is 49.1 Å². The summed E-state index contributed by atoms with van der Waals surface area (Å²) in [6, 6.07) is 17.9. The maximum Gasteiger partial charge on any atom is 0.303 e. The number of benzene rings is 2. The van der Waals surface area contributed by atoms with Crippen molar-refractivity contribution in [2.24, 2.45) is 5.18 Å². The lowest BCUT2D eigenvalue weighted by Crippen LogP contribution is -2.46. The first-order valence-corrected chi connectivity index (χ1v) is 10.3. The summed E-state index contributed by atoms with van der Waals surface area (Å²) in [4.78, 5) is 26.7. The molecule has 3 rings (SSSR count). The van der Waals surface area contributed by atoms with Crippen LogP contribution in [-0.4, -0.2) is 48.7 Å². The molecule has 0 aromatic heterocycles. The highest BCUT2D eigenvalue weighted by atomic mass is 16.4. The first kappa shape index (κ1) is 21.0. The number of nitrogens with zero attached hydrogens (tertiary/aromatic N) is 3. The number of aryl methyl sites for hydroxylation is 1. The Morgan fingerprint density at radius 1 is 1.00 bits per heavy atom. The van der Waals surface area contributed by atoms with E-state index in [2.05, 4.69) is 45.3 Å². The number of carboxylic acids is 1. The number of hydrogen-bond donors (Lipinski definition) is 1. The van der Waals surface area contributed by atoms with Gasteiger partial charge in [0.05, 0.1) is 0 Å². The van der Waals surface area contributed by atoms with Crippen LogP contribution in [0.3, 0.4) is 0 Å². The average molecular weight is 396 g/mol. The summed E-state index contributed by atoms with van der Waals surface area (Å²) in [5, 5.41) is 11.9. The van der Waals surface area contributed by atoms with E-state index in [0.717, 1.165) is 51.1 Å². The molecule has 1 aliphatic rings. The topological polar surface area (TPSA) is 73.2 Å². The highest BCUT2D eigenvalue weighted by molar-refractivity contribution is 5.66. The zero-order valence-electron chi connectivity index (χ0n) is 16.7. The molecule has 1 heterocycles. The normalized spacial score (nSPS) is 15.8. The molecule has 0 saturated carbocycles. The van der Waals surface area contributed by atoms with Crippen molar-refractivity contribution in [3.63, 3.8) is 0 Å². The van der Waals surface area contributed by atoms with Crippen LogP contribution in [0.5, 0.6) is 0 Å². The average Bonchev–Trinajstić information content (AvgIpc) is 2.76. The molecule has 1 aliphatic heterocycles. The summed E-state index contributed by atoms with van der Waals surface area (Å²) in [7, 11) is 0. The Labute approximate surface area is 172 Å². The van der Waals surface area contributed by atoms with Gasteiger partial charge in [-0.1, -0.05) is 47.6 Å². The molecular formula is C23H29N3O3. The van der Waals surface area contributed by atoms with Crippen molar-refractivity contribution < 1.29 is 9.90 Å². The molecule has 1 atom stereocenters. The SMILES string of the molecule is O=NC(CCC(=O)O)c1ccc(CCCN2CCN(c3ccccc3)CC2)cc1. The summed E-state index contributed by atoms with van der Waals surface area (Å²) < 4.78 is 0. The predicted octanol–water partition coefficient (Wildman–Crippen LogP) is 4.11. The van der Waals surface area contributed by atoms with E-state index in [0.29, 0.717) is 0 Å². The third-order valence-electron chi connectivity index (χ3n) is 5.56. The molecule has 154 valence electrons. The van der Waals surface area contributed by atoms with E-state index in [1.165, 1.54) is 11.3 Å². The van der Waals surface area contributed by atoms with E-state index >= 15 is 0 Å². The molecular weight excluding hydrogens is 366 g/mol. The van der Waals surface area contributed by atoms with Crippen LogP contribution in [0.2, 0.25) is 0 Å². The van der Waals surface area contributed by atoms with Crippen molar-refractivity contribution >= 4 is 11.7 Å². The van der Waals surface area contributed by atoms with Crippen LogP contribution in [0.15, 0.2) is 59.8 Å². The van der Waals surface area contributed by atoms with Crippen LogP contribution >= 0.6 is 0 Å². The van der Waals surface area contributed by atoms with E-state index in [1.54, 1.807) is 0 Å². The smallest absolute Gasteiger partial charge is 0.303 e. The van der Waals surface area contributed by atoms with Crippen LogP contribution < -0.4 is 4.90 Å². The molecule has 1 N–H and O–H groups in total. The second kappa shape index (κ2) is 10.7. The maximum absolute atomic E-state index is 11.0. The number of piperazine rings is 1. The van der Waals surface area contributed by atoms with E-state index in [1.807, 2.05) is 24.3 Å². The van der Waals surface area contributed by atoms with Gasteiger partial charge in [-0.2, -0.15) is 4.91 Å². The molecule has 29 heavy (non-hydrogen) atoms. The van der Waals surface area contributed by atoms with Gasteiger partial charge >= 0.3 is 5.97 Å². The lowest BCUT2D eigenvalue weighted by Gasteiger charge is -2.36. The van der Waals surface area contributed by atoms with Gasteiger partial charge in [-0.15, -0.1) is 0 Å². The Morgan fingerprint density at radius 3 is 2.31 bits per heavy atom. The Balaban J connectivity index is 1.39. The molecule has 0 spiro atoms. The van der Waals surface area contributed by atoms with Gasteiger partial charge in [0.25, 0.3) is 0 Å². The summed E-state index contributed by atoms with van der Waals surface area (Å²) >= 11 is 0. The van der Waals surface area contributed by atoms with Gasteiger partial charge in [-0.3, -0.25) is 9.69 Å². The van der Waals surface area contributed by atoms with Crippen molar-refractivity contribution in [3.8, 4) is 0 Å². The minimum Gasteiger partial charge on any atom is -0.481 e. The van der Waals surface area contributed by atoms with Gasteiger partial charge in [-0.25, -0.2) is 0 Å². The molecule has 2 aromatic carbocycles. The van der Waals surface area contributed by atoms with Gasteiger partial charge in [0, 0.05) is 38.3 Å². The number of carbonyl (C=O) groups is 1. The quantitative estimate of drug-likeness (QED) is 0.613. The fraction of sp³-hybridized carbons (Fsp3) is 0.435. The largest absolute Gasteiger partial charge is 0.481 e.